The van der Waals surface area contributed by atoms with Crippen molar-refractivity contribution in [1.29, 1.82) is 0 Å². The maximum absolute atomic E-state index is 12.3. The van der Waals surface area contributed by atoms with E-state index in [-0.39, 0.29) is 11.5 Å². The first-order valence-corrected chi connectivity index (χ1v) is 7.71. The third-order valence-corrected chi connectivity index (χ3v) is 4.23. The number of pyridine rings is 1. The highest BCUT2D eigenvalue weighted by molar-refractivity contribution is 9.10. The van der Waals surface area contributed by atoms with Crippen LogP contribution in [-0.4, -0.2) is 28.1 Å². The van der Waals surface area contributed by atoms with Gasteiger partial charge in [-0.15, -0.1) is 0 Å². The van der Waals surface area contributed by atoms with Gasteiger partial charge < -0.3 is 9.64 Å². The molecule has 0 bridgehead atoms. The summed E-state index contributed by atoms with van der Waals surface area (Å²) in [7, 11) is 0. The Morgan fingerprint density at radius 2 is 2.15 bits per heavy atom. The molecule has 108 valence electrons. The fraction of sp³-hybridized carbons (Fsp3) is 0.600. The van der Waals surface area contributed by atoms with Crippen LogP contribution < -0.4 is 0 Å². The van der Waals surface area contributed by atoms with Crippen molar-refractivity contribution in [1.82, 2.24) is 9.88 Å². The van der Waals surface area contributed by atoms with E-state index in [0.29, 0.717) is 6.54 Å². The fourth-order valence-electron chi connectivity index (χ4n) is 2.78. The van der Waals surface area contributed by atoms with Crippen molar-refractivity contribution >= 4 is 22.0 Å². The third kappa shape index (κ3) is 2.55. The topological polar surface area (TPSA) is 42.4 Å². The van der Waals surface area contributed by atoms with Gasteiger partial charge in [0.1, 0.15) is 5.60 Å². The quantitative estimate of drug-likeness (QED) is 0.725. The van der Waals surface area contributed by atoms with Crippen LogP contribution in [0.5, 0.6) is 0 Å². The highest BCUT2D eigenvalue weighted by Crippen LogP contribution is 2.51. The van der Waals surface area contributed by atoms with Gasteiger partial charge in [-0.3, -0.25) is 4.98 Å². The van der Waals surface area contributed by atoms with Crippen molar-refractivity contribution < 1.29 is 9.53 Å². The van der Waals surface area contributed by atoms with Gasteiger partial charge in [0.05, 0.1) is 12.2 Å². The van der Waals surface area contributed by atoms with Crippen LogP contribution in [0.15, 0.2) is 16.7 Å². The lowest BCUT2D eigenvalue weighted by atomic mass is 9.92. The Kier molecular flexibility index (Phi) is 3.08. The molecule has 1 amide bonds. The van der Waals surface area contributed by atoms with Crippen LogP contribution >= 0.6 is 15.9 Å². The van der Waals surface area contributed by atoms with Crippen LogP contribution in [0.3, 0.4) is 0 Å². The molecule has 2 heterocycles. The maximum Gasteiger partial charge on any atom is 0.410 e. The summed E-state index contributed by atoms with van der Waals surface area (Å²) < 4.78 is 6.45. The Bertz CT molecular complexity index is 561. The number of amides is 1. The minimum absolute atomic E-state index is 0.0746. The first-order valence-electron chi connectivity index (χ1n) is 6.92. The molecule has 4 nitrogen and oxygen atoms in total. The van der Waals surface area contributed by atoms with E-state index in [1.807, 2.05) is 31.9 Å². The Morgan fingerprint density at radius 1 is 1.45 bits per heavy atom. The number of nitrogens with zero attached hydrogens (tertiary/aromatic N) is 2. The molecule has 1 aliphatic carbocycles. The predicted octanol–water partition coefficient (Wildman–Crippen LogP) is 3.63. The number of carbonyl (C=O) groups is 1. The fourth-order valence-corrected chi connectivity index (χ4v) is 3.16. The Balaban J connectivity index is 1.86. The summed E-state index contributed by atoms with van der Waals surface area (Å²) >= 11 is 3.46. The van der Waals surface area contributed by atoms with Gasteiger partial charge in [-0.1, -0.05) is 0 Å². The molecule has 0 N–H and O–H groups in total. The van der Waals surface area contributed by atoms with Gasteiger partial charge in [-0.2, -0.15) is 0 Å². The Labute approximate surface area is 127 Å². The summed E-state index contributed by atoms with van der Waals surface area (Å²) in [5, 5.41) is 0. The number of ether oxygens (including phenoxy) is 1. The van der Waals surface area contributed by atoms with Crippen molar-refractivity contribution in [3.05, 3.63) is 28.0 Å². The summed E-state index contributed by atoms with van der Waals surface area (Å²) in [6.45, 7) is 7.00. The lowest BCUT2D eigenvalue weighted by Gasteiger charge is -2.35. The molecular weight excluding hydrogens is 320 g/mol. The van der Waals surface area contributed by atoms with Gasteiger partial charge in [0.2, 0.25) is 0 Å². The molecule has 1 aromatic heterocycles. The van der Waals surface area contributed by atoms with Crippen LogP contribution in [0.2, 0.25) is 0 Å². The van der Waals surface area contributed by atoms with Crippen molar-refractivity contribution in [3.8, 4) is 0 Å². The summed E-state index contributed by atoms with van der Waals surface area (Å²) in [5.41, 5.74) is 1.92. The number of aromatic nitrogens is 1. The molecule has 1 saturated carbocycles. The zero-order valence-electron chi connectivity index (χ0n) is 12.1. The van der Waals surface area contributed by atoms with Crippen molar-refractivity contribution in [2.75, 3.05) is 6.54 Å². The van der Waals surface area contributed by atoms with Gasteiger partial charge in [-0.25, -0.2) is 4.79 Å². The first-order chi connectivity index (χ1) is 9.29. The number of halogens is 1. The molecule has 0 aromatic carbocycles. The van der Waals surface area contributed by atoms with Gasteiger partial charge in [0.15, 0.2) is 0 Å². The molecule has 0 saturated heterocycles. The molecule has 5 heteroatoms. The second kappa shape index (κ2) is 4.45. The third-order valence-electron chi connectivity index (χ3n) is 3.80. The van der Waals surface area contributed by atoms with E-state index >= 15 is 0 Å². The molecule has 2 aliphatic rings. The summed E-state index contributed by atoms with van der Waals surface area (Å²) in [6.07, 6.45) is 3.83. The second-order valence-electron chi connectivity index (χ2n) is 6.78. The number of hydrogen-bond donors (Lipinski definition) is 0. The van der Waals surface area contributed by atoms with E-state index in [0.717, 1.165) is 29.4 Å². The number of carbonyl (C=O) groups excluding carboxylic acids is 1. The van der Waals surface area contributed by atoms with E-state index in [2.05, 4.69) is 27.0 Å². The lowest BCUT2D eigenvalue weighted by Crippen LogP contribution is -2.44. The SMILES string of the molecule is CC(C)(C)OC(=O)N1Cc2cc(Br)cnc2C2(CC2)C1. The number of fused-ring (bicyclic) bond motifs is 2. The van der Waals surface area contributed by atoms with Crippen LogP contribution in [0.25, 0.3) is 0 Å². The average molecular weight is 339 g/mol. The average Bonchev–Trinajstić information content (AvgIpc) is 3.06. The minimum Gasteiger partial charge on any atom is -0.444 e. The summed E-state index contributed by atoms with van der Waals surface area (Å²) in [5.74, 6) is 0. The molecule has 3 rings (SSSR count). The van der Waals surface area contributed by atoms with Crippen molar-refractivity contribution in [3.63, 3.8) is 0 Å². The molecule has 1 aliphatic heterocycles. The van der Waals surface area contributed by atoms with Gasteiger partial charge in [-0.05, 0) is 61.2 Å². The molecular formula is C15H19BrN2O2. The Hall–Kier alpha value is -1.10. The monoisotopic (exact) mass is 338 g/mol. The van der Waals surface area contributed by atoms with E-state index in [9.17, 15) is 4.79 Å². The smallest absolute Gasteiger partial charge is 0.410 e. The summed E-state index contributed by atoms with van der Waals surface area (Å²) in [4.78, 5) is 18.7. The number of rotatable bonds is 0. The lowest BCUT2D eigenvalue weighted by molar-refractivity contribution is 0.0194. The van der Waals surface area contributed by atoms with Crippen molar-refractivity contribution in [2.24, 2.45) is 0 Å². The van der Waals surface area contributed by atoms with E-state index < -0.39 is 5.60 Å². The van der Waals surface area contributed by atoms with Crippen LogP contribution in [-0.2, 0) is 16.7 Å². The van der Waals surface area contributed by atoms with Crippen LogP contribution in [0.4, 0.5) is 4.79 Å². The zero-order chi connectivity index (χ0) is 14.5. The highest BCUT2D eigenvalue weighted by Gasteiger charge is 2.51. The van der Waals surface area contributed by atoms with Gasteiger partial charge in [0.25, 0.3) is 0 Å². The molecule has 1 aromatic rings. The number of hydrogen-bond acceptors (Lipinski definition) is 3. The minimum atomic E-state index is -0.455. The van der Waals surface area contributed by atoms with Crippen LogP contribution in [0.1, 0.15) is 44.9 Å². The normalized spacial score (nSPS) is 19.7. The van der Waals surface area contributed by atoms with Gasteiger partial charge >= 0.3 is 6.09 Å². The van der Waals surface area contributed by atoms with E-state index in [1.165, 1.54) is 5.69 Å². The largest absolute Gasteiger partial charge is 0.444 e. The molecule has 1 spiro atoms. The highest BCUT2D eigenvalue weighted by atomic mass is 79.9. The molecule has 0 radical (unpaired) electrons. The maximum atomic E-state index is 12.3. The van der Waals surface area contributed by atoms with E-state index in [4.69, 9.17) is 4.74 Å². The Morgan fingerprint density at radius 3 is 2.75 bits per heavy atom. The zero-order valence-corrected chi connectivity index (χ0v) is 13.7. The predicted molar refractivity (Wildman–Crippen MR) is 79.5 cm³/mol. The molecule has 0 atom stereocenters. The van der Waals surface area contributed by atoms with Gasteiger partial charge in [0, 0.05) is 22.6 Å². The summed E-state index contributed by atoms with van der Waals surface area (Å²) in [6, 6.07) is 2.07. The standard InChI is InChI=1S/C15H19BrN2O2/c1-14(2,3)20-13(19)18-8-10-6-11(16)7-17-12(10)15(9-18)4-5-15/h6-7H,4-5,8-9H2,1-3H3. The van der Waals surface area contributed by atoms with E-state index in [1.54, 1.807) is 0 Å². The molecule has 20 heavy (non-hydrogen) atoms. The first kappa shape index (κ1) is 13.9. The van der Waals surface area contributed by atoms with Crippen LogP contribution in [0, 0.1) is 0 Å². The molecule has 1 fully saturated rings. The van der Waals surface area contributed by atoms with Crippen molar-refractivity contribution in [2.45, 2.75) is 51.2 Å². The second-order valence-corrected chi connectivity index (χ2v) is 7.69. The molecule has 0 unspecified atom stereocenters.